The molecule has 0 aliphatic heterocycles. The Kier molecular flexibility index (Phi) is 8.52. The first-order valence-corrected chi connectivity index (χ1v) is 13.5. The molecule has 0 unspecified atom stereocenters. The van der Waals surface area contributed by atoms with Crippen LogP contribution >= 0.6 is 0 Å². The molecule has 1 heterocycles. The smallest absolute Gasteiger partial charge is 0.347 e. The van der Waals surface area contributed by atoms with Crippen LogP contribution in [0.5, 0.6) is 11.5 Å². The van der Waals surface area contributed by atoms with E-state index < -0.39 is 11.6 Å². The number of nitrogens with zero attached hydrogens (tertiary/aromatic N) is 1. The maximum Gasteiger partial charge on any atom is 0.347 e. The van der Waals surface area contributed by atoms with Crippen molar-refractivity contribution >= 4 is 11.9 Å². The van der Waals surface area contributed by atoms with Crippen LogP contribution in [-0.2, 0) is 11.2 Å². The zero-order valence-electron chi connectivity index (χ0n) is 24.3. The van der Waals surface area contributed by atoms with Crippen molar-refractivity contribution in [2.75, 3.05) is 6.61 Å². The summed E-state index contributed by atoms with van der Waals surface area (Å²) < 4.78 is 17.4. The maximum atomic E-state index is 12.5. The molecule has 214 valence electrons. The first-order valence-electron chi connectivity index (χ1n) is 13.5. The largest absolute Gasteiger partial charge is 0.493 e. The summed E-state index contributed by atoms with van der Waals surface area (Å²) in [5, 5.41) is 12.2. The lowest BCUT2D eigenvalue weighted by Crippen LogP contribution is -2.40. The number of carboxylic acids is 1. The summed E-state index contributed by atoms with van der Waals surface area (Å²) in [5.41, 5.74) is 2.63. The van der Waals surface area contributed by atoms with Gasteiger partial charge in [0.25, 0.3) is 5.91 Å². The summed E-state index contributed by atoms with van der Waals surface area (Å²) in [6.07, 6.45) is 0.553. The fraction of sp³-hybridized carbons (Fsp3) is 0.303. The van der Waals surface area contributed by atoms with E-state index in [9.17, 15) is 14.7 Å². The van der Waals surface area contributed by atoms with E-state index in [2.05, 4.69) is 5.32 Å². The molecular formula is C33H36N2O6. The number of aromatic nitrogens is 1. The summed E-state index contributed by atoms with van der Waals surface area (Å²) in [4.78, 5) is 28.4. The average molecular weight is 557 g/mol. The Morgan fingerprint density at radius 1 is 0.878 bits per heavy atom. The molecule has 0 fully saturated rings. The molecule has 0 spiro atoms. The van der Waals surface area contributed by atoms with Crippen molar-refractivity contribution in [2.24, 2.45) is 0 Å². The molecule has 0 aliphatic rings. The molecule has 8 heteroatoms. The first kappa shape index (κ1) is 29.4. The number of nitrogens with one attached hydrogen (secondary N) is 1. The maximum absolute atomic E-state index is 12.5. The fourth-order valence-corrected chi connectivity index (χ4v) is 4.05. The minimum absolute atomic E-state index is 0.101. The number of carbonyl (C=O) groups excluding carboxylic acids is 1. The molecule has 1 amide bonds. The van der Waals surface area contributed by atoms with Crippen molar-refractivity contribution in [3.8, 4) is 34.1 Å². The van der Waals surface area contributed by atoms with E-state index in [1.165, 1.54) is 13.8 Å². The average Bonchev–Trinajstić information content (AvgIpc) is 3.29. The number of benzene rings is 3. The third-order valence-corrected chi connectivity index (χ3v) is 6.29. The molecule has 4 rings (SSSR count). The minimum Gasteiger partial charge on any atom is -0.493 e. The standard InChI is InChI=1S/C33H36N2O6/c1-21-28(18-19-39-26-14-16-27(17-15-26)41-33(5,6)31(37)38)34-30(40-21)25-9-7-8-24(20-25)22-10-12-23(13-11-22)29(36)35-32(2,3)4/h7-17,20H,18-19H2,1-6H3,(H,35,36)(H,37,38). The van der Waals surface area contributed by atoms with Crippen LogP contribution in [0, 0.1) is 6.92 Å². The molecule has 1 aromatic heterocycles. The van der Waals surface area contributed by atoms with Gasteiger partial charge in [0.15, 0.2) is 5.60 Å². The number of hydrogen-bond donors (Lipinski definition) is 2. The first-order chi connectivity index (χ1) is 19.3. The molecule has 0 atom stereocenters. The highest BCUT2D eigenvalue weighted by Gasteiger charge is 2.29. The van der Waals surface area contributed by atoms with Crippen LogP contribution in [0.1, 0.15) is 56.4 Å². The molecule has 4 aromatic rings. The topological polar surface area (TPSA) is 111 Å². The molecule has 3 aromatic carbocycles. The van der Waals surface area contributed by atoms with Gasteiger partial charge < -0.3 is 24.3 Å². The number of oxazole rings is 1. The monoisotopic (exact) mass is 556 g/mol. The van der Waals surface area contributed by atoms with Crippen molar-refractivity contribution < 1.29 is 28.6 Å². The Labute approximate surface area is 240 Å². The van der Waals surface area contributed by atoms with E-state index in [-0.39, 0.29) is 11.4 Å². The summed E-state index contributed by atoms with van der Waals surface area (Å²) in [7, 11) is 0. The predicted molar refractivity (Wildman–Crippen MR) is 157 cm³/mol. The van der Waals surface area contributed by atoms with Gasteiger partial charge in [-0.2, -0.15) is 0 Å². The highest BCUT2D eigenvalue weighted by Crippen LogP contribution is 2.28. The van der Waals surface area contributed by atoms with Crippen LogP contribution < -0.4 is 14.8 Å². The van der Waals surface area contributed by atoms with Gasteiger partial charge in [0, 0.05) is 23.1 Å². The van der Waals surface area contributed by atoms with Gasteiger partial charge in [-0.1, -0.05) is 24.3 Å². The number of rotatable bonds is 10. The van der Waals surface area contributed by atoms with Crippen LogP contribution in [-0.4, -0.2) is 39.7 Å². The number of carbonyl (C=O) groups is 2. The van der Waals surface area contributed by atoms with Crippen LogP contribution in [0.2, 0.25) is 0 Å². The minimum atomic E-state index is -1.32. The molecule has 0 aliphatic carbocycles. The van der Waals surface area contributed by atoms with Gasteiger partial charge in [-0.05, 0) is 101 Å². The van der Waals surface area contributed by atoms with E-state index >= 15 is 0 Å². The lowest BCUT2D eigenvalue weighted by atomic mass is 10.0. The zero-order chi connectivity index (χ0) is 29.8. The number of amides is 1. The predicted octanol–water partition coefficient (Wildman–Crippen LogP) is 6.71. The number of aliphatic carboxylic acids is 1. The third kappa shape index (κ3) is 7.75. The van der Waals surface area contributed by atoms with Crippen molar-refractivity contribution in [2.45, 2.75) is 59.1 Å². The summed E-state index contributed by atoms with van der Waals surface area (Å²) in [5.74, 6) is 1.21. The van der Waals surface area contributed by atoms with Crippen molar-refractivity contribution in [1.29, 1.82) is 0 Å². The second-order valence-corrected chi connectivity index (χ2v) is 11.4. The number of ether oxygens (including phenoxy) is 2. The SMILES string of the molecule is Cc1oc(-c2cccc(-c3ccc(C(=O)NC(C)(C)C)cc3)c2)nc1CCOc1ccc(OC(C)(C)C(=O)O)cc1. The van der Waals surface area contributed by atoms with Gasteiger partial charge in [0.2, 0.25) is 5.89 Å². The second-order valence-electron chi connectivity index (χ2n) is 11.4. The zero-order valence-corrected chi connectivity index (χ0v) is 24.3. The number of hydrogen-bond acceptors (Lipinski definition) is 6. The molecule has 8 nitrogen and oxygen atoms in total. The molecular weight excluding hydrogens is 520 g/mol. The van der Waals surface area contributed by atoms with Crippen molar-refractivity contribution in [1.82, 2.24) is 10.3 Å². The molecule has 0 radical (unpaired) electrons. The van der Waals surface area contributed by atoms with Crippen LogP contribution in [0.25, 0.3) is 22.6 Å². The number of aryl methyl sites for hydroxylation is 1. The second kappa shape index (κ2) is 11.9. The Bertz CT molecular complexity index is 1510. The van der Waals surface area contributed by atoms with Gasteiger partial charge in [-0.3, -0.25) is 4.79 Å². The van der Waals surface area contributed by atoms with E-state index in [1.54, 1.807) is 24.3 Å². The molecule has 0 saturated heterocycles. The summed E-state index contributed by atoms with van der Waals surface area (Å²) >= 11 is 0. The van der Waals surface area contributed by atoms with E-state index in [0.29, 0.717) is 36.0 Å². The Hall–Kier alpha value is -4.59. The molecule has 2 N–H and O–H groups in total. The van der Waals surface area contributed by atoms with Gasteiger partial charge in [-0.15, -0.1) is 0 Å². The lowest BCUT2D eigenvalue weighted by molar-refractivity contribution is -0.152. The molecule has 0 saturated carbocycles. The van der Waals surface area contributed by atoms with E-state index in [4.69, 9.17) is 18.9 Å². The highest BCUT2D eigenvalue weighted by molar-refractivity contribution is 5.95. The highest BCUT2D eigenvalue weighted by atomic mass is 16.5. The number of carboxylic acid groups (broad SMARTS) is 1. The van der Waals surface area contributed by atoms with Crippen molar-refractivity contribution in [3.05, 3.63) is 89.8 Å². The van der Waals surface area contributed by atoms with Gasteiger partial charge >= 0.3 is 5.97 Å². The van der Waals surface area contributed by atoms with Gasteiger partial charge in [-0.25, -0.2) is 9.78 Å². The lowest BCUT2D eigenvalue weighted by Gasteiger charge is -2.21. The molecule has 0 bridgehead atoms. The van der Waals surface area contributed by atoms with E-state index in [1.807, 2.05) is 76.2 Å². The normalized spacial score (nSPS) is 11.7. The van der Waals surface area contributed by atoms with Gasteiger partial charge in [0.05, 0.1) is 12.3 Å². The van der Waals surface area contributed by atoms with Gasteiger partial charge in [0.1, 0.15) is 17.3 Å². The van der Waals surface area contributed by atoms with E-state index in [0.717, 1.165) is 28.1 Å². The van der Waals surface area contributed by atoms with Crippen LogP contribution in [0.15, 0.2) is 77.2 Å². The van der Waals surface area contributed by atoms with Crippen LogP contribution in [0.4, 0.5) is 0 Å². The fourth-order valence-electron chi connectivity index (χ4n) is 4.05. The van der Waals surface area contributed by atoms with Crippen molar-refractivity contribution in [3.63, 3.8) is 0 Å². The van der Waals surface area contributed by atoms with Crippen LogP contribution in [0.3, 0.4) is 0 Å². The summed E-state index contributed by atoms with van der Waals surface area (Å²) in [6.45, 7) is 11.1. The quantitative estimate of drug-likeness (QED) is 0.223. The Morgan fingerprint density at radius 3 is 2.15 bits per heavy atom. The Morgan fingerprint density at radius 2 is 1.51 bits per heavy atom. The molecule has 41 heavy (non-hydrogen) atoms. The Balaban J connectivity index is 1.38. The summed E-state index contributed by atoms with van der Waals surface area (Å²) in [6, 6.07) is 22.3. The third-order valence-electron chi connectivity index (χ3n) is 6.29.